The number of ether oxygens (including phenoxy) is 2. The number of hydrogen-bond acceptors (Lipinski definition) is 4. The van der Waals surface area contributed by atoms with Crippen LogP contribution in [0, 0.1) is 5.92 Å². The number of methoxy groups -OCH3 is 1. The summed E-state index contributed by atoms with van der Waals surface area (Å²) in [7, 11) is 5.08. The Kier molecular flexibility index (Phi) is 17.4. The summed E-state index contributed by atoms with van der Waals surface area (Å²) in [6.07, 6.45) is 0.888. The molecule has 0 aromatic rings. The van der Waals surface area contributed by atoms with E-state index in [1.165, 1.54) is 4.90 Å². The third-order valence-electron chi connectivity index (χ3n) is 2.68. The van der Waals surface area contributed by atoms with Gasteiger partial charge in [0.2, 0.25) is 5.91 Å². The summed E-state index contributed by atoms with van der Waals surface area (Å²) >= 11 is 0. The molecule has 138 valence electrons. The minimum absolute atomic E-state index is 0. The fourth-order valence-electron chi connectivity index (χ4n) is 1.43. The van der Waals surface area contributed by atoms with Crippen molar-refractivity contribution in [2.45, 2.75) is 20.3 Å². The van der Waals surface area contributed by atoms with Gasteiger partial charge in [0.15, 0.2) is 5.96 Å². The molecule has 1 amide bonds. The number of guanidine groups is 1. The Hall–Kier alpha value is -0.610. The molecule has 0 rings (SSSR count). The summed E-state index contributed by atoms with van der Waals surface area (Å²) in [6.45, 7) is 7.85. The summed E-state index contributed by atoms with van der Waals surface area (Å²) in [5.41, 5.74) is 0. The van der Waals surface area contributed by atoms with E-state index in [0.717, 1.165) is 19.6 Å². The molecule has 0 aromatic heterocycles. The fourth-order valence-corrected chi connectivity index (χ4v) is 1.43. The van der Waals surface area contributed by atoms with E-state index in [1.807, 2.05) is 0 Å². The molecular formula is C15H33IN4O3. The number of nitrogens with zero attached hydrogens (tertiary/aromatic N) is 2. The number of hydrogen-bond donors (Lipinski definition) is 2. The van der Waals surface area contributed by atoms with E-state index in [-0.39, 0.29) is 36.4 Å². The van der Waals surface area contributed by atoms with Crippen LogP contribution in [0.3, 0.4) is 0 Å². The van der Waals surface area contributed by atoms with Crippen molar-refractivity contribution in [2.24, 2.45) is 10.9 Å². The van der Waals surface area contributed by atoms with Gasteiger partial charge in [0.05, 0.1) is 6.61 Å². The molecule has 0 aromatic carbocycles. The van der Waals surface area contributed by atoms with Gasteiger partial charge in [-0.05, 0) is 12.3 Å². The van der Waals surface area contributed by atoms with Crippen molar-refractivity contribution in [3.05, 3.63) is 0 Å². The van der Waals surface area contributed by atoms with Gasteiger partial charge < -0.3 is 25.0 Å². The predicted molar refractivity (Wildman–Crippen MR) is 105 cm³/mol. The third kappa shape index (κ3) is 16.0. The molecule has 8 heteroatoms. The van der Waals surface area contributed by atoms with Crippen molar-refractivity contribution in [1.29, 1.82) is 0 Å². The monoisotopic (exact) mass is 444 g/mol. The van der Waals surface area contributed by atoms with Crippen molar-refractivity contribution in [1.82, 2.24) is 15.5 Å². The van der Waals surface area contributed by atoms with Crippen LogP contribution >= 0.6 is 24.0 Å². The maximum Gasteiger partial charge on any atom is 0.243 e. The van der Waals surface area contributed by atoms with Crippen LogP contribution in [0.2, 0.25) is 0 Å². The van der Waals surface area contributed by atoms with Gasteiger partial charge in [-0.15, -0.1) is 24.0 Å². The molecule has 0 fully saturated rings. The minimum atomic E-state index is -0.0342. The second-order valence-electron chi connectivity index (χ2n) is 5.62. The van der Waals surface area contributed by atoms with E-state index < -0.39 is 0 Å². The number of carbonyl (C=O) groups excluding carboxylic acids is 1. The Labute approximate surface area is 157 Å². The zero-order valence-electron chi connectivity index (χ0n) is 15.1. The number of likely N-dealkylation sites (N-methyl/N-ethyl adjacent to an activating group) is 1. The van der Waals surface area contributed by atoms with Gasteiger partial charge in [-0.3, -0.25) is 4.79 Å². The highest BCUT2D eigenvalue weighted by Gasteiger charge is 2.04. The SMILES string of the molecule is COCCNC(=NCC(=O)N(C)C)NCCCOCC(C)C.I. The Bertz CT molecular complexity index is 326. The first-order valence-corrected chi connectivity index (χ1v) is 7.76. The molecule has 23 heavy (non-hydrogen) atoms. The van der Waals surface area contributed by atoms with Gasteiger partial charge in [-0.2, -0.15) is 0 Å². The summed E-state index contributed by atoms with van der Waals surface area (Å²) in [4.78, 5) is 17.4. The molecule has 0 spiro atoms. The highest BCUT2D eigenvalue weighted by atomic mass is 127. The van der Waals surface area contributed by atoms with Crippen LogP contribution in [-0.4, -0.2) is 77.4 Å². The van der Waals surface area contributed by atoms with Gasteiger partial charge in [-0.1, -0.05) is 13.8 Å². The molecule has 0 saturated heterocycles. The second kappa shape index (κ2) is 16.3. The molecule has 0 unspecified atom stereocenters. The number of halogens is 1. The topological polar surface area (TPSA) is 75.2 Å². The lowest BCUT2D eigenvalue weighted by atomic mass is 10.2. The largest absolute Gasteiger partial charge is 0.383 e. The predicted octanol–water partition coefficient (Wildman–Crippen LogP) is 0.937. The molecular weight excluding hydrogens is 411 g/mol. The standard InChI is InChI=1S/C15H32N4O3.HI/c1-13(2)12-22-9-6-7-16-15(17-8-10-21-5)18-11-14(20)19(3)4;/h13H,6-12H2,1-5H3,(H2,16,17,18);1H. The number of carbonyl (C=O) groups is 1. The van der Waals surface area contributed by atoms with Gasteiger partial charge in [-0.25, -0.2) is 4.99 Å². The average molecular weight is 444 g/mol. The maximum absolute atomic E-state index is 11.6. The lowest BCUT2D eigenvalue weighted by Crippen LogP contribution is -2.40. The number of amides is 1. The van der Waals surface area contributed by atoms with Crippen LogP contribution in [-0.2, 0) is 14.3 Å². The number of aliphatic imine (C=N–C) groups is 1. The zero-order chi connectivity index (χ0) is 16.8. The Morgan fingerprint density at radius 3 is 2.39 bits per heavy atom. The van der Waals surface area contributed by atoms with Crippen molar-refractivity contribution in [3.63, 3.8) is 0 Å². The molecule has 0 bridgehead atoms. The maximum atomic E-state index is 11.6. The quantitative estimate of drug-likeness (QED) is 0.215. The zero-order valence-corrected chi connectivity index (χ0v) is 17.4. The lowest BCUT2D eigenvalue weighted by molar-refractivity contribution is -0.127. The first kappa shape index (κ1) is 24.6. The molecule has 0 saturated carbocycles. The molecule has 7 nitrogen and oxygen atoms in total. The van der Waals surface area contributed by atoms with E-state index in [9.17, 15) is 4.79 Å². The van der Waals surface area contributed by atoms with Crippen molar-refractivity contribution >= 4 is 35.8 Å². The second-order valence-corrected chi connectivity index (χ2v) is 5.62. The Balaban J connectivity index is 0. The van der Waals surface area contributed by atoms with Crippen LogP contribution in [0.5, 0.6) is 0 Å². The Morgan fingerprint density at radius 2 is 1.83 bits per heavy atom. The van der Waals surface area contributed by atoms with Crippen molar-refractivity contribution in [3.8, 4) is 0 Å². The first-order valence-electron chi connectivity index (χ1n) is 7.76. The van der Waals surface area contributed by atoms with Crippen molar-refractivity contribution in [2.75, 3.05) is 60.7 Å². The molecule has 0 aliphatic rings. The average Bonchev–Trinajstić information content (AvgIpc) is 2.46. The van der Waals surface area contributed by atoms with E-state index in [2.05, 4.69) is 29.5 Å². The number of rotatable bonds is 11. The summed E-state index contributed by atoms with van der Waals surface area (Å²) in [6, 6.07) is 0. The molecule has 0 aliphatic heterocycles. The highest BCUT2D eigenvalue weighted by Crippen LogP contribution is 1.92. The van der Waals surface area contributed by atoms with Gasteiger partial charge in [0, 0.05) is 47.5 Å². The molecule has 0 heterocycles. The van der Waals surface area contributed by atoms with Crippen LogP contribution in [0.4, 0.5) is 0 Å². The highest BCUT2D eigenvalue weighted by molar-refractivity contribution is 14.0. The lowest BCUT2D eigenvalue weighted by Gasteiger charge is -2.14. The normalized spacial score (nSPS) is 11.1. The summed E-state index contributed by atoms with van der Waals surface area (Å²) in [5, 5.41) is 6.32. The smallest absolute Gasteiger partial charge is 0.243 e. The van der Waals surface area contributed by atoms with Gasteiger partial charge in [0.25, 0.3) is 0 Å². The van der Waals surface area contributed by atoms with Crippen LogP contribution in [0.1, 0.15) is 20.3 Å². The molecule has 2 N–H and O–H groups in total. The number of nitrogens with one attached hydrogen (secondary N) is 2. The van der Waals surface area contributed by atoms with Crippen LogP contribution in [0.25, 0.3) is 0 Å². The Morgan fingerprint density at radius 1 is 1.17 bits per heavy atom. The van der Waals surface area contributed by atoms with E-state index >= 15 is 0 Å². The van der Waals surface area contributed by atoms with E-state index in [0.29, 0.717) is 31.6 Å². The van der Waals surface area contributed by atoms with Crippen LogP contribution < -0.4 is 10.6 Å². The molecule has 0 atom stereocenters. The third-order valence-corrected chi connectivity index (χ3v) is 2.68. The summed E-state index contributed by atoms with van der Waals surface area (Å²) < 4.78 is 10.5. The van der Waals surface area contributed by atoms with Crippen LogP contribution in [0.15, 0.2) is 4.99 Å². The first-order chi connectivity index (χ1) is 10.5. The van der Waals surface area contributed by atoms with Crippen molar-refractivity contribution < 1.29 is 14.3 Å². The van der Waals surface area contributed by atoms with Gasteiger partial charge in [0.1, 0.15) is 6.54 Å². The van der Waals surface area contributed by atoms with E-state index in [4.69, 9.17) is 9.47 Å². The fraction of sp³-hybridized carbons (Fsp3) is 0.867. The molecule has 0 radical (unpaired) electrons. The summed E-state index contributed by atoms with van der Waals surface area (Å²) in [5.74, 6) is 1.14. The minimum Gasteiger partial charge on any atom is -0.383 e. The van der Waals surface area contributed by atoms with E-state index in [1.54, 1.807) is 21.2 Å². The molecule has 0 aliphatic carbocycles. The van der Waals surface area contributed by atoms with Gasteiger partial charge >= 0.3 is 0 Å².